The summed E-state index contributed by atoms with van der Waals surface area (Å²) in [7, 11) is 0. The van der Waals surface area contributed by atoms with E-state index >= 15 is 0 Å². The van der Waals surface area contributed by atoms with Crippen LogP contribution in [0.25, 0.3) is 83.7 Å². The highest BCUT2D eigenvalue weighted by molar-refractivity contribution is 6.24. The lowest BCUT2D eigenvalue weighted by Crippen LogP contribution is -1.95. The van der Waals surface area contributed by atoms with Crippen molar-refractivity contribution in [1.82, 2.24) is 24.5 Å². The van der Waals surface area contributed by atoms with E-state index in [0.717, 1.165) is 66.8 Å². The molecule has 45 heavy (non-hydrogen) atoms. The zero-order valence-electron chi connectivity index (χ0n) is 23.8. The number of aromatic nitrogens is 5. The van der Waals surface area contributed by atoms with E-state index in [0.29, 0.717) is 11.5 Å². The van der Waals surface area contributed by atoms with Gasteiger partial charge in [-0.25, -0.2) is 19.9 Å². The average Bonchev–Trinajstić information content (AvgIpc) is 3.90. The Morgan fingerprint density at radius 1 is 0.489 bits per heavy atom. The predicted octanol–water partition coefficient (Wildman–Crippen LogP) is 9.37. The summed E-state index contributed by atoms with van der Waals surface area (Å²) in [5, 5.41) is 4.64. The molecular weight excluding hydrogens is 558 g/mol. The number of pyridine rings is 2. The minimum Gasteiger partial charge on any atom is -0.442 e. The standard InChI is InChI=1S/C38H23N5O2/c1-2-8-25(9-3-1)43-34-18-24(30-12-6-14-32(41-30)36-20-39-22-44-36)16-17-28(34)38-27-11-5-4-10-26(27)29(19-35(38)43)31-13-7-15-33(42-31)37-21-40-23-45-37/h1-23H. The van der Waals surface area contributed by atoms with Crippen LogP contribution in [-0.4, -0.2) is 24.5 Å². The molecule has 0 unspecified atom stereocenters. The fraction of sp³-hybridized carbons (Fsp3) is 0. The Balaban J connectivity index is 1.34. The van der Waals surface area contributed by atoms with E-state index in [9.17, 15) is 0 Å². The molecule has 5 heterocycles. The normalized spacial score (nSPS) is 11.6. The summed E-state index contributed by atoms with van der Waals surface area (Å²) in [6.45, 7) is 0. The number of benzene rings is 4. The highest BCUT2D eigenvalue weighted by atomic mass is 16.3. The summed E-state index contributed by atoms with van der Waals surface area (Å²) in [6.07, 6.45) is 6.22. The largest absolute Gasteiger partial charge is 0.442 e. The highest BCUT2D eigenvalue weighted by Crippen LogP contribution is 2.42. The minimum absolute atomic E-state index is 0.633. The van der Waals surface area contributed by atoms with Gasteiger partial charge in [-0.2, -0.15) is 0 Å². The molecule has 0 bridgehead atoms. The van der Waals surface area contributed by atoms with Gasteiger partial charge in [0, 0.05) is 27.6 Å². The Hall–Kier alpha value is -6.34. The first-order chi connectivity index (χ1) is 22.3. The van der Waals surface area contributed by atoms with Gasteiger partial charge in [0.2, 0.25) is 0 Å². The maximum atomic E-state index is 5.57. The molecule has 7 nitrogen and oxygen atoms in total. The third kappa shape index (κ3) is 4.13. The van der Waals surface area contributed by atoms with E-state index in [1.54, 1.807) is 12.4 Å². The lowest BCUT2D eigenvalue weighted by atomic mass is 9.96. The van der Waals surface area contributed by atoms with E-state index in [1.165, 1.54) is 18.2 Å². The molecule has 0 spiro atoms. The quantitative estimate of drug-likeness (QED) is 0.201. The molecule has 0 aliphatic carbocycles. The minimum atomic E-state index is 0.633. The van der Waals surface area contributed by atoms with Crippen LogP contribution < -0.4 is 0 Å². The molecule has 9 rings (SSSR count). The first-order valence-electron chi connectivity index (χ1n) is 14.6. The Morgan fingerprint density at radius 2 is 1.13 bits per heavy atom. The van der Waals surface area contributed by atoms with Crippen molar-refractivity contribution in [2.75, 3.05) is 0 Å². The van der Waals surface area contributed by atoms with Gasteiger partial charge in [0.15, 0.2) is 24.3 Å². The van der Waals surface area contributed by atoms with Gasteiger partial charge in [-0.15, -0.1) is 0 Å². The molecule has 0 saturated carbocycles. The second-order valence-electron chi connectivity index (χ2n) is 10.8. The lowest BCUT2D eigenvalue weighted by molar-refractivity contribution is 0.569. The van der Waals surface area contributed by atoms with Gasteiger partial charge in [-0.3, -0.25) is 0 Å². The number of rotatable bonds is 5. The molecule has 0 aliphatic heterocycles. The number of fused-ring (bicyclic) bond motifs is 5. The molecule has 0 atom stereocenters. The molecule has 0 fully saturated rings. The molecule has 4 aromatic carbocycles. The maximum Gasteiger partial charge on any atom is 0.181 e. The van der Waals surface area contributed by atoms with Crippen LogP contribution in [0, 0.1) is 0 Å². The van der Waals surface area contributed by atoms with E-state index < -0.39 is 0 Å². The van der Waals surface area contributed by atoms with Gasteiger partial charge in [-0.1, -0.05) is 66.7 Å². The molecule has 0 N–H and O–H groups in total. The molecule has 0 amide bonds. The number of hydrogen-bond acceptors (Lipinski definition) is 6. The van der Waals surface area contributed by atoms with Crippen molar-refractivity contribution in [3.05, 3.63) is 140 Å². The zero-order chi connectivity index (χ0) is 29.7. The van der Waals surface area contributed by atoms with Crippen LogP contribution >= 0.6 is 0 Å². The van der Waals surface area contributed by atoms with Crippen LogP contribution in [0.5, 0.6) is 0 Å². The Kier molecular flexibility index (Phi) is 5.67. The first kappa shape index (κ1) is 25.2. The SMILES string of the molecule is c1ccc(-n2c3cc(-c4cccc(-c5cnco5)n4)ccc3c3c4ccccc4c(-c4cccc(-c5cnco5)n4)cc32)cc1. The molecule has 0 saturated heterocycles. The van der Waals surface area contributed by atoms with Crippen LogP contribution in [0.3, 0.4) is 0 Å². The van der Waals surface area contributed by atoms with Crippen molar-refractivity contribution < 1.29 is 8.83 Å². The van der Waals surface area contributed by atoms with Crippen molar-refractivity contribution in [2.45, 2.75) is 0 Å². The van der Waals surface area contributed by atoms with Gasteiger partial charge in [-0.05, 0) is 59.3 Å². The first-order valence-corrected chi connectivity index (χ1v) is 14.6. The van der Waals surface area contributed by atoms with E-state index in [1.807, 2.05) is 42.5 Å². The predicted molar refractivity (Wildman–Crippen MR) is 176 cm³/mol. The Bertz CT molecular complexity index is 2480. The molecule has 0 aliphatic rings. The van der Waals surface area contributed by atoms with Gasteiger partial charge in [0.1, 0.15) is 11.4 Å². The van der Waals surface area contributed by atoms with Crippen LogP contribution in [-0.2, 0) is 0 Å². The molecule has 5 aromatic heterocycles. The van der Waals surface area contributed by atoms with Crippen molar-refractivity contribution in [2.24, 2.45) is 0 Å². The summed E-state index contributed by atoms with van der Waals surface area (Å²) in [5.74, 6) is 1.27. The number of para-hydroxylation sites is 1. The molecule has 7 heteroatoms. The van der Waals surface area contributed by atoms with E-state index in [2.05, 4.69) is 87.3 Å². The fourth-order valence-corrected chi connectivity index (χ4v) is 6.24. The highest BCUT2D eigenvalue weighted by Gasteiger charge is 2.20. The van der Waals surface area contributed by atoms with Crippen LogP contribution in [0.15, 0.2) is 149 Å². The summed E-state index contributed by atoms with van der Waals surface area (Å²) >= 11 is 0. The summed E-state index contributed by atoms with van der Waals surface area (Å²) < 4.78 is 13.4. The lowest BCUT2D eigenvalue weighted by Gasteiger charge is -2.12. The van der Waals surface area contributed by atoms with Crippen molar-refractivity contribution in [3.8, 4) is 51.1 Å². The van der Waals surface area contributed by atoms with Crippen molar-refractivity contribution >= 4 is 32.6 Å². The van der Waals surface area contributed by atoms with Crippen LogP contribution in [0.2, 0.25) is 0 Å². The molecular formula is C38H23N5O2. The van der Waals surface area contributed by atoms with Crippen molar-refractivity contribution in [3.63, 3.8) is 0 Å². The third-order valence-corrected chi connectivity index (χ3v) is 8.23. The second-order valence-corrected chi connectivity index (χ2v) is 10.8. The van der Waals surface area contributed by atoms with E-state index in [-0.39, 0.29) is 0 Å². The van der Waals surface area contributed by atoms with Crippen molar-refractivity contribution in [1.29, 1.82) is 0 Å². The zero-order valence-corrected chi connectivity index (χ0v) is 23.8. The number of hydrogen-bond donors (Lipinski definition) is 0. The molecule has 212 valence electrons. The van der Waals surface area contributed by atoms with E-state index in [4.69, 9.17) is 18.8 Å². The van der Waals surface area contributed by atoms with Gasteiger partial charge in [0.05, 0.1) is 34.8 Å². The molecule has 9 aromatic rings. The van der Waals surface area contributed by atoms with Crippen LogP contribution in [0.4, 0.5) is 0 Å². The summed E-state index contributed by atoms with van der Waals surface area (Å²) in [4.78, 5) is 18.1. The third-order valence-electron chi connectivity index (χ3n) is 8.23. The maximum absolute atomic E-state index is 5.57. The summed E-state index contributed by atoms with van der Waals surface area (Å²) in [6, 6.07) is 39.8. The summed E-state index contributed by atoms with van der Waals surface area (Å²) in [5.41, 5.74) is 8.50. The molecule has 0 radical (unpaired) electrons. The fourth-order valence-electron chi connectivity index (χ4n) is 6.24. The number of nitrogens with zero attached hydrogens (tertiary/aromatic N) is 5. The van der Waals surface area contributed by atoms with Gasteiger partial charge in [0.25, 0.3) is 0 Å². The van der Waals surface area contributed by atoms with Gasteiger partial charge >= 0.3 is 0 Å². The average molecular weight is 582 g/mol. The number of oxazole rings is 2. The Morgan fingerprint density at radius 3 is 1.84 bits per heavy atom. The topological polar surface area (TPSA) is 82.8 Å². The van der Waals surface area contributed by atoms with Crippen LogP contribution in [0.1, 0.15) is 0 Å². The van der Waals surface area contributed by atoms with Gasteiger partial charge < -0.3 is 13.4 Å². The Labute approximate surface area is 257 Å². The second kappa shape index (κ2) is 10.1. The monoisotopic (exact) mass is 581 g/mol. The smallest absolute Gasteiger partial charge is 0.181 e.